The Kier molecular flexibility index (Phi) is 5.38. The molecular weight excluding hydrogens is 339 g/mol. The Morgan fingerprint density at radius 1 is 0.846 bits per heavy atom. The van der Waals surface area contributed by atoms with Gasteiger partial charge in [0.2, 0.25) is 7.29 Å². The lowest BCUT2D eigenvalue weighted by Gasteiger charge is -2.33. The van der Waals surface area contributed by atoms with Crippen molar-refractivity contribution in [3.63, 3.8) is 0 Å². The first-order chi connectivity index (χ1) is 12.6. The maximum Gasteiger partial charge on any atom is 0.206 e. The van der Waals surface area contributed by atoms with Crippen molar-refractivity contribution < 1.29 is 4.57 Å². The van der Waals surface area contributed by atoms with E-state index in [4.69, 9.17) is 0 Å². The molecule has 0 spiro atoms. The van der Waals surface area contributed by atoms with Crippen LogP contribution in [0.15, 0.2) is 91.0 Å². The molecule has 3 aromatic rings. The molecule has 0 radical (unpaired) electrons. The highest BCUT2D eigenvalue weighted by molar-refractivity contribution is 7.77. The van der Waals surface area contributed by atoms with E-state index in [1.165, 1.54) is 0 Å². The molecule has 0 saturated carbocycles. The summed E-state index contributed by atoms with van der Waals surface area (Å²) in [6.07, 6.45) is 0.497. The first kappa shape index (κ1) is 18.1. The largest absolute Gasteiger partial charge is 0.296 e. The number of nitrogens with one attached hydrogen (secondary N) is 1. The molecular formula is C22H21N2OP. The summed E-state index contributed by atoms with van der Waals surface area (Å²) in [5.41, 5.74) is -0.222. The molecule has 1 N–H and O–H groups in total. The lowest BCUT2D eigenvalue weighted by Crippen LogP contribution is -2.43. The SMILES string of the molecule is CC[C@](C#N)(NP(=O)(c1ccccc1)c1ccccc1)c1ccccc1. The summed E-state index contributed by atoms with van der Waals surface area (Å²) in [5.74, 6) is 0. The van der Waals surface area contributed by atoms with Crippen LogP contribution >= 0.6 is 7.29 Å². The van der Waals surface area contributed by atoms with Crippen LogP contribution in [0.1, 0.15) is 18.9 Å². The minimum absolute atomic E-state index is 0.497. The van der Waals surface area contributed by atoms with Gasteiger partial charge in [-0.2, -0.15) is 5.26 Å². The Morgan fingerprint density at radius 2 is 1.27 bits per heavy atom. The van der Waals surface area contributed by atoms with Gasteiger partial charge in [-0.15, -0.1) is 0 Å². The summed E-state index contributed by atoms with van der Waals surface area (Å²) >= 11 is 0. The van der Waals surface area contributed by atoms with Crippen LogP contribution < -0.4 is 15.7 Å². The zero-order valence-corrected chi connectivity index (χ0v) is 15.6. The molecule has 0 aliphatic carbocycles. The third kappa shape index (κ3) is 3.35. The zero-order chi connectivity index (χ0) is 18.5. The molecule has 0 aliphatic rings. The fraction of sp³-hybridized carbons (Fsp3) is 0.136. The number of benzene rings is 3. The molecule has 1 atom stereocenters. The number of rotatable bonds is 6. The second-order valence-corrected chi connectivity index (χ2v) is 8.60. The molecule has 0 aliphatic heterocycles. The number of hydrogen-bond donors (Lipinski definition) is 1. The first-order valence-corrected chi connectivity index (χ1v) is 10.3. The molecule has 0 aromatic heterocycles. The first-order valence-electron chi connectivity index (χ1n) is 8.62. The molecule has 0 heterocycles. The highest BCUT2D eigenvalue weighted by atomic mass is 31.2. The van der Waals surface area contributed by atoms with E-state index < -0.39 is 12.8 Å². The van der Waals surface area contributed by atoms with Crippen molar-refractivity contribution in [1.29, 1.82) is 5.26 Å². The summed E-state index contributed by atoms with van der Waals surface area (Å²) in [7, 11) is -3.22. The highest BCUT2D eigenvalue weighted by Gasteiger charge is 2.39. The normalized spacial score (nSPS) is 13.5. The Labute approximate surface area is 154 Å². The van der Waals surface area contributed by atoms with Crippen LogP contribution in [-0.2, 0) is 10.1 Å². The predicted octanol–water partition coefficient (Wildman–Crippen LogP) is 4.33. The van der Waals surface area contributed by atoms with Crippen LogP contribution in [-0.4, -0.2) is 0 Å². The molecule has 0 bridgehead atoms. The maximum atomic E-state index is 14.3. The summed E-state index contributed by atoms with van der Waals surface area (Å²) in [4.78, 5) is 0. The van der Waals surface area contributed by atoms with Gasteiger partial charge in [-0.1, -0.05) is 73.7 Å². The molecule has 3 nitrogen and oxygen atoms in total. The van der Waals surface area contributed by atoms with Gasteiger partial charge in [0.1, 0.15) is 5.54 Å². The van der Waals surface area contributed by atoms with Crippen molar-refractivity contribution in [2.75, 3.05) is 0 Å². The van der Waals surface area contributed by atoms with E-state index in [1.54, 1.807) is 0 Å². The van der Waals surface area contributed by atoms with E-state index in [0.29, 0.717) is 17.0 Å². The molecule has 3 aromatic carbocycles. The number of hydrogen-bond acceptors (Lipinski definition) is 2. The molecule has 0 saturated heterocycles. The van der Waals surface area contributed by atoms with Crippen LogP contribution in [0.4, 0.5) is 0 Å². The second kappa shape index (κ2) is 7.70. The molecule has 26 heavy (non-hydrogen) atoms. The smallest absolute Gasteiger partial charge is 0.206 e. The average molecular weight is 360 g/mol. The molecule has 3 rings (SSSR count). The summed E-state index contributed by atoms with van der Waals surface area (Å²) in [5, 5.41) is 14.7. The van der Waals surface area contributed by atoms with Gasteiger partial charge in [0.15, 0.2) is 0 Å². The Bertz CT molecular complexity index is 893. The van der Waals surface area contributed by atoms with Crippen molar-refractivity contribution in [3.05, 3.63) is 96.6 Å². The standard InChI is InChI=1S/C22H21N2OP/c1-2-22(18-23,19-12-6-3-7-13-19)24-26(25,20-14-8-4-9-15-20)21-16-10-5-11-17-21/h3-17H,2H2,1H3,(H,24,25)/t22-/m1/s1. The van der Waals surface area contributed by atoms with Crippen LogP contribution in [0.3, 0.4) is 0 Å². The van der Waals surface area contributed by atoms with E-state index in [1.807, 2.05) is 97.9 Å². The highest BCUT2D eigenvalue weighted by Crippen LogP contribution is 2.44. The van der Waals surface area contributed by atoms with Gasteiger partial charge < -0.3 is 0 Å². The van der Waals surface area contributed by atoms with Crippen LogP contribution in [0, 0.1) is 11.3 Å². The fourth-order valence-corrected chi connectivity index (χ4v) is 5.68. The Balaban J connectivity index is 2.17. The van der Waals surface area contributed by atoms with E-state index in [2.05, 4.69) is 11.2 Å². The van der Waals surface area contributed by atoms with E-state index in [-0.39, 0.29) is 0 Å². The van der Waals surface area contributed by atoms with Gasteiger partial charge in [-0.25, -0.2) is 5.09 Å². The average Bonchev–Trinajstić information content (AvgIpc) is 2.74. The fourth-order valence-electron chi connectivity index (χ4n) is 3.06. The molecule has 0 amide bonds. The van der Waals surface area contributed by atoms with Crippen molar-refractivity contribution in [2.45, 2.75) is 18.9 Å². The lowest BCUT2D eigenvalue weighted by atomic mass is 9.90. The second-order valence-electron chi connectivity index (χ2n) is 6.13. The lowest BCUT2D eigenvalue weighted by molar-refractivity contribution is 0.484. The van der Waals surface area contributed by atoms with Crippen LogP contribution in [0.2, 0.25) is 0 Å². The number of nitriles is 1. The van der Waals surface area contributed by atoms with E-state index >= 15 is 0 Å². The van der Waals surface area contributed by atoms with Gasteiger partial charge in [0.05, 0.1) is 6.07 Å². The van der Waals surface area contributed by atoms with Crippen molar-refractivity contribution in [1.82, 2.24) is 5.09 Å². The maximum absolute atomic E-state index is 14.3. The minimum atomic E-state index is -3.22. The van der Waals surface area contributed by atoms with Crippen molar-refractivity contribution >= 4 is 17.9 Å². The van der Waals surface area contributed by atoms with Crippen LogP contribution in [0.5, 0.6) is 0 Å². The summed E-state index contributed by atoms with van der Waals surface area (Å²) < 4.78 is 14.3. The zero-order valence-electron chi connectivity index (χ0n) is 14.7. The molecule has 130 valence electrons. The van der Waals surface area contributed by atoms with Crippen molar-refractivity contribution in [2.24, 2.45) is 0 Å². The van der Waals surface area contributed by atoms with Gasteiger partial charge in [0.25, 0.3) is 0 Å². The van der Waals surface area contributed by atoms with E-state index in [9.17, 15) is 9.83 Å². The van der Waals surface area contributed by atoms with E-state index in [0.717, 1.165) is 5.56 Å². The molecule has 4 heteroatoms. The third-order valence-electron chi connectivity index (χ3n) is 4.58. The van der Waals surface area contributed by atoms with Gasteiger partial charge in [0, 0.05) is 10.6 Å². The topological polar surface area (TPSA) is 52.9 Å². The third-order valence-corrected chi connectivity index (χ3v) is 7.32. The quantitative estimate of drug-likeness (QED) is 0.666. The number of nitrogens with zero attached hydrogens (tertiary/aromatic N) is 1. The van der Waals surface area contributed by atoms with Crippen LogP contribution in [0.25, 0.3) is 0 Å². The van der Waals surface area contributed by atoms with Gasteiger partial charge >= 0.3 is 0 Å². The predicted molar refractivity (Wildman–Crippen MR) is 107 cm³/mol. The minimum Gasteiger partial charge on any atom is -0.296 e. The van der Waals surface area contributed by atoms with Gasteiger partial charge in [-0.05, 0) is 36.2 Å². The molecule has 0 unspecified atom stereocenters. The van der Waals surface area contributed by atoms with Gasteiger partial charge in [-0.3, -0.25) is 4.57 Å². The van der Waals surface area contributed by atoms with Crippen molar-refractivity contribution in [3.8, 4) is 6.07 Å². The summed E-state index contributed by atoms with van der Waals surface area (Å²) in [6, 6.07) is 30.6. The Hall–Kier alpha value is -2.66. The summed E-state index contributed by atoms with van der Waals surface area (Å²) in [6.45, 7) is 1.93. The molecule has 0 fully saturated rings. The Morgan fingerprint density at radius 3 is 1.65 bits per heavy atom. The monoisotopic (exact) mass is 360 g/mol.